The molecule has 0 aromatic heterocycles. The molecule has 0 amide bonds. The maximum absolute atomic E-state index is 9.48. The Morgan fingerprint density at radius 2 is 2.12 bits per heavy atom. The van der Waals surface area contributed by atoms with E-state index < -0.39 is 0 Å². The summed E-state index contributed by atoms with van der Waals surface area (Å²) in [5, 5.41) is 9.48. The first kappa shape index (κ1) is 11.5. The van der Waals surface area contributed by atoms with E-state index >= 15 is 0 Å². The van der Waals surface area contributed by atoms with E-state index in [9.17, 15) is 5.11 Å². The standard InChI is InChI=1S/C15H22O/c1-2-3-4-6-12-9-10-15(12)13-7-5-8-14(16)11-13/h5,7-8,11-12,15-16H,2-4,6,9-10H2,1H3. The molecule has 1 aromatic rings. The minimum atomic E-state index is 0.414. The molecule has 2 rings (SSSR count). The van der Waals surface area contributed by atoms with Crippen molar-refractivity contribution in [3.05, 3.63) is 29.8 Å². The lowest BCUT2D eigenvalue weighted by Gasteiger charge is -2.37. The highest BCUT2D eigenvalue weighted by Gasteiger charge is 2.31. The van der Waals surface area contributed by atoms with Crippen molar-refractivity contribution in [3.8, 4) is 5.75 Å². The zero-order valence-corrected chi connectivity index (χ0v) is 10.2. The lowest BCUT2D eigenvalue weighted by molar-refractivity contribution is 0.232. The monoisotopic (exact) mass is 218 g/mol. The summed E-state index contributed by atoms with van der Waals surface area (Å²) in [6.07, 6.45) is 8.10. The minimum Gasteiger partial charge on any atom is -0.508 e. The summed E-state index contributed by atoms with van der Waals surface area (Å²) < 4.78 is 0. The maximum Gasteiger partial charge on any atom is 0.115 e. The molecular formula is C15H22O. The van der Waals surface area contributed by atoms with Gasteiger partial charge in [0.15, 0.2) is 0 Å². The van der Waals surface area contributed by atoms with Crippen LogP contribution in [-0.4, -0.2) is 5.11 Å². The highest BCUT2D eigenvalue weighted by Crippen LogP contribution is 2.45. The summed E-state index contributed by atoms with van der Waals surface area (Å²) in [7, 11) is 0. The highest BCUT2D eigenvalue weighted by atomic mass is 16.3. The fraction of sp³-hybridized carbons (Fsp3) is 0.600. The van der Waals surface area contributed by atoms with E-state index in [2.05, 4.69) is 13.0 Å². The molecule has 0 bridgehead atoms. The second-order valence-electron chi connectivity index (χ2n) is 5.03. The molecule has 88 valence electrons. The molecule has 0 radical (unpaired) electrons. The second kappa shape index (κ2) is 5.38. The predicted molar refractivity (Wildman–Crippen MR) is 67.7 cm³/mol. The number of phenolic OH excluding ortho intramolecular Hbond substituents is 1. The normalized spacial score (nSPS) is 24.1. The molecule has 1 nitrogen and oxygen atoms in total. The SMILES string of the molecule is CCCCCC1CCC1c1cccc(O)c1. The zero-order valence-electron chi connectivity index (χ0n) is 10.2. The van der Waals surface area contributed by atoms with E-state index in [0.717, 1.165) is 5.92 Å². The van der Waals surface area contributed by atoms with Crippen molar-refractivity contribution < 1.29 is 5.11 Å². The van der Waals surface area contributed by atoms with Gasteiger partial charge in [-0.05, 0) is 48.8 Å². The van der Waals surface area contributed by atoms with Crippen LogP contribution in [0.1, 0.15) is 56.9 Å². The van der Waals surface area contributed by atoms with Gasteiger partial charge in [-0.3, -0.25) is 0 Å². The van der Waals surface area contributed by atoms with Crippen LogP contribution in [0.2, 0.25) is 0 Å². The molecule has 0 heterocycles. The van der Waals surface area contributed by atoms with Gasteiger partial charge in [0, 0.05) is 0 Å². The van der Waals surface area contributed by atoms with Gasteiger partial charge in [0.2, 0.25) is 0 Å². The topological polar surface area (TPSA) is 20.2 Å². The van der Waals surface area contributed by atoms with Gasteiger partial charge in [0.1, 0.15) is 5.75 Å². The Morgan fingerprint density at radius 1 is 1.25 bits per heavy atom. The Bertz CT molecular complexity index is 332. The van der Waals surface area contributed by atoms with Crippen LogP contribution in [0, 0.1) is 5.92 Å². The molecule has 2 unspecified atom stereocenters. The van der Waals surface area contributed by atoms with Gasteiger partial charge in [-0.2, -0.15) is 0 Å². The van der Waals surface area contributed by atoms with E-state index in [1.54, 1.807) is 6.07 Å². The van der Waals surface area contributed by atoms with E-state index in [0.29, 0.717) is 11.7 Å². The van der Waals surface area contributed by atoms with Crippen LogP contribution in [-0.2, 0) is 0 Å². The lowest BCUT2D eigenvalue weighted by atomic mass is 9.68. The van der Waals surface area contributed by atoms with Crippen LogP contribution in [0.4, 0.5) is 0 Å². The maximum atomic E-state index is 9.48. The summed E-state index contributed by atoms with van der Waals surface area (Å²) >= 11 is 0. The van der Waals surface area contributed by atoms with E-state index in [1.165, 1.54) is 44.1 Å². The summed E-state index contributed by atoms with van der Waals surface area (Å²) in [6.45, 7) is 2.26. The number of hydrogen-bond acceptors (Lipinski definition) is 1. The van der Waals surface area contributed by atoms with Crippen LogP contribution in [0.15, 0.2) is 24.3 Å². The Morgan fingerprint density at radius 3 is 2.75 bits per heavy atom. The van der Waals surface area contributed by atoms with Crippen molar-refractivity contribution in [2.24, 2.45) is 5.92 Å². The van der Waals surface area contributed by atoms with Crippen molar-refractivity contribution >= 4 is 0 Å². The van der Waals surface area contributed by atoms with Crippen molar-refractivity contribution in [1.29, 1.82) is 0 Å². The number of aromatic hydroxyl groups is 1. The van der Waals surface area contributed by atoms with Gasteiger partial charge in [-0.1, -0.05) is 38.3 Å². The van der Waals surface area contributed by atoms with Crippen LogP contribution in [0.5, 0.6) is 5.75 Å². The Kier molecular flexibility index (Phi) is 3.87. The first-order chi connectivity index (χ1) is 7.81. The molecule has 0 saturated heterocycles. The van der Waals surface area contributed by atoms with Crippen LogP contribution in [0.3, 0.4) is 0 Å². The third-order valence-electron chi connectivity index (χ3n) is 3.89. The predicted octanol–water partition coefficient (Wildman–Crippen LogP) is 4.47. The smallest absolute Gasteiger partial charge is 0.115 e. The summed E-state index contributed by atoms with van der Waals surface area (Å²) in [5.74, 6) is 1.99. The zero-order chi connectivity index (χ0) is 11.4. The molecule has 2 atom stereocenters. The van der Waals surface area contributed by atoms with Gasteiger partial charge >= 0.3 is 0 Å². The van der Waals surface area contributed by atoms with Crippen molar-refractivity contribution in [2.45, 2.75) is 51.4 Å². The van der Waals surface area contributed by atoms with Crippen molar-refractivity contribution in [1.82, 2.24) is 0 Å². The Balaban J connectivity index is 1.90. The largest absolute Gasteiger partial charge is 0.508 e. The molecule has 1 heteroatoms. The van der Waals surface area contributed by atoms with E-state index in [4.69, 9.17) is 0 Å². The molecule has 1 saturated carbocycles. The average molecular weight is 218 g/mol. The summed E-state index contributed by atoms with van der Waals surface area (Å²) in [5.41, 5.74) is 1.34. The van der Waals surface area contributed by atoms with Gasteiger partial charge < -0.3 is 5.11 Å². The number of phenols is 1. The molecule has 1 aliphatic rings. The molecule has 0 spiro atoms. The summed E-state index contributed by atoms with van der Waals surface area (Å²) in [6, 6.07) is 7.83. The van der Waals surface area contributed by atoms with E-state index in [1.807, 2.05) is 12.1 Å². The summed E-state index contributed by atoms with van der Waals surface area (Å²) in [4.78, 5) is 0. The lowest BCUT2D eigenvalue weighted by Crippen LogP contribution is -2.23. The van der Waals surface area contributed by atoms with Crippen LogP contribution < -0.4 is 0 Å². The third kappa shape index (κ3) is 2.58. The van der Waals surface area contributed by atoms with E-state index in [-0.39, 0.29) is 0 Å². The quantitative estimate of drug-likeness (QED) is 0.723. The minimum absolute atomic E-state index is 0.414. The van der Waals surface area contributed by atoms with Crippen molar-refractivity contribution in [3.63, 3.8) is 0 Å². The van der Waals surface area contributed by atoms with Gasteiger partial charge in [0.25, 0.3) is 0 Å². The number of unbranched alkanes of at least 4 members (excludes halogenated alkanes) is 2. The fourth-order valence-corrected chi connectivity index (χ4v) is 2.77. The molecule has 0 aliphatic heterocycles. The first-order valence-corrected chi connectivity index (χ1v) is 6.60. The van der Waals surface area contributed by atoms with Crippen LogP contribution in [0.25, 0.3) is 0 Å². The number of hydrogen-bond donors (Lipinski definition) is 1. The second-order valence-corrected chi connectivity index (χ2v) is 5.03. The third-order valence-corrected chi connectivity index (χ3v) is 3.89. The molecular weight excluding hydrogens is 196 g/mol. The van der Waals surface area contributed by atoms with Gasteiger partial charge in [-0.25, -0.2) is 0 Å². The number of rotatable bonds is 5. The number of benzene rings is 1. The van der Waals surface area contributed by atoms with Gasteiger partial charge in [0.05, 0.1) is 0 Å². The Hall–Kier alpha value is -0.980. The molecule has 1 N–H and O–H groups in total. The molecule has 1 aromatic carbocycles. The van der Waals surface area contributed by atoms with Crippen LogP contribution >= 0.6 is 0 Å². The average Bonchev–Trinajstić information content (AvgIpc) is 2.23. The molecule has 16 heavy (non-hydrogen) atoms. The Labute approximate surface area is 98.5 Å². The van der Waals surface area contributed by atoms with Gasteiger partial charge in [-0.15, -0.1) is 0 Å². The van der Waals surface area contributed by atoms with Crippen molar-refractivity contribution in [2.75, 3.05) is 0 Å². The highest BCUT2D eigenvalue weighted by molar-refractivity contribution is 5.31. The first-order valence-electron chi connectivity index (χ1n) is 6.60. The molecule has 1 fully saturated rings. The molecule has 1 aliphatic carbocycles. The fourth-order valence-electron chi connectivity index (χ4n) is 2.77.